The average Bonchev–Trinajstić information content (AvgIpc) is 2.91. The fraction of sp³-hybridized carbons (Fsp3) is 0.231. The summed E-state index contributed by atoms with van der Waals surface area (Å²) in [6.07, 6.45) is 8.18. The van der Waals surface area contributed by atoms with Gasteiger partial charge in [-0.25, -0.2) is 9.97 Å². The fourth-order valence-electron chi connectivity index (χ4n) is 2.07. The van der Waals surface area contributed by atoms with Gasteiger partial charge in [0.2, 0.25) is 0 Å². The second-order valence-electron chi connectivity index (χ2n) is 4.54. The molecule has 0 aliphatic heterocycles. The van der Waals surface area contributed by atoms with Gasteiger partial charge in [-0.3, -0.25) is 4.40 Å². The van der Waals surface area contributed by atoms with Crippen molar-refractivity contribution < 1.29 is 0 Å². The van der Waals surface area contributed by atoms with Gasteiger partial charge in [-0.2, -0.15) is 11.3 Å². The van der Waals surface area contributed by atoms with Crippen LogP contribution >= 0.6 is 11.3 Å². The number of anilines is 1. The third-order valence-electron chi connectivity index (χ3n) is 3.16. The third-order valence-corrected chi connectivity index (χ3v) is 3.85. The van der Waals surface area contributed by atoms with Crippen LogP contribution in [0.25, 0.3) is 16.9 Å². The highest BCUT2D eigenvalue weighted by Gasteiger charge is 2.23. The lowest BCUT2D eigenvalue weighted by Crippen LogP contribution is -2.05. The minimum absolute atomic E-state index is 0.588. The maximum Gasteiger partial charge on any atom is 0.180 e. The third kappa shape index (κ3) is 1.59. The molecule has 0 saturated heterocycles. The molecule has 4 nitrogen and oxygen atoms in total. The molecule has 1 aliphatic carbocycles. The minimum Gasteiger partial charge on any atom is -0.364 e. The Hall–Kier alpha value is -1.88. The van der Waals surface area contributed by atoms with Crippen LogP contribution in [0.4, 0.5) is 5.82 Å². The van der Waals surface area contributed by atoms with Gasteiger partial charge in [0.1, 0.15) is 0 Å². The van der Waals surface area contributed by atoms with E-state index in [9.17, 15) is 0 Å². The summed E-state index contributed by atoms with van der Waals surface area (Å²) < 4.78 is 2.10. The molecule has 3 heterocycles. The van der Waals surface area contributed by atoms with E-state index in [2.05, 4.69) is 36.5 Å². The zero-order valence-electron chi connectivity index (χ0n) is 9.71. The zero-order valence-corrected chi connectivity index (χ0v) is 10.5. The smallest absolute Gasteiger partial charge is 0.180 e. The minimum atomic E-state index is 0.588. The van der Waals surface area contributed by atoms with Crippen LogP contribution in [0.3, 0.4) is 0 Å². The highest BCUT2D eigenvalue weighted by Crippen LogP contribution is 2.28. The van der Waals surface area contributed by atoms with E-state index in [1.807, 2.05) is 18.6 Å². The fourth-order valence-corrected chi connectivity index (χ4v) is 2.72. The number of thiophene rings is 1. The lowest BCUT2D eigenvalue weighted by atomic mass is 10.3. The molecule has 1 aliphatic rings. The molecule has 0 bridgehead atoms. The highest BCUT2D eigenvalue weighted by molar-refractivity contribution is 7.08. The molecule has 90 valence electrons. The summed E-state index contributed by atoms with van der Waals surface area (Å²) in [7, 11) is 0. The van der Waals surface area contributed by atoms with Gasteiger partial charge < -0.3 is 5.32 Å². The molecular weight excluding hydrogens is 244 g/mol. The first-order valence-electron chi connectivity index (χ1n) is 6.03. The first kappa shape index (κ1) is 10.1. The second-order valence-corrected chi connectivity index (χ2v) is 5.32. The van der Waals surface area contributed by atoms with Crippen molar-refractivity contribution in [2.45, 2.75) is 18.9 Å². The predicted octanol–water partition coefficient (Wildman–Crippen LogP) is 3.03. The molecule has 0 spiro atoms. The van der Waals surface area contributed by atoms with Gasteiger partial charge >= 0.3 is 0 Å². The summed E-state index contributed by atoms with van der Waals surface area (Å²) in [5.41, 5.74) is 3.23. The molecule has 0 unspecified atom stereocenters. The van der Waals surface area contributed by atoms with E-state index in [0.29, 0.717) is 6.04 Å². The van der Waals surface area contributed by atoms with Gasteiger partial charge in [-0.15, -0.1) is 0 Å². The van der Waals surface area contributed by atoms with Crippen molar-refractivity contribution in [2.24, 2.45) is 0 Å². The maximum atomic E-state index is 4.50. The Morgan fingerprint density at radius 1 is 1.33 bits per heavy atom. The normalized spacial score (nSPS) is 15.1. The molecule has 3 aromatic heterocycles. The predicted molar refractivity (Wildman–Crippen MR) is 72.9 cm³/mol. The van der Waals surface area contributed by atoms with Crippen molar-refractivity contribution in [1.29, 1.82) is 0 Å². The summed E-state index contributed by atoms with van der Waals surface area (Å²) in [5, 5.41) is 7.65. The number of fused-ring (bicyclic) bond motifs is 1. The Morgan fingerprint density at radius 3 is 3.06 bits per heavy atom. The topological polar surface area (TPSA) is 42.2 Å². The quantitative estimate of drug-likeness (QED) is 0.783. The van der Waals surface area contributed by atoms with Gasteiger partial charge in [0, 0.05) is 29.4 Å². The van der Waals surface area contributed by atoms with Crippen LogP contribution in [-0.4, -0.2) is 20.4 Å². The van der Waals surface area contributed by atoms with Crippen LogP contribution in [0.1, 0.15) is 12.8 Å². The van der Waals surface area contributed by atoms with Crippen LogP contribution in [-0.2, 0) is 0 Å². The first-order valence-corrected chi connectivity index (χ1v) is 6.97. The number of aromatic nitrogens is 3. The largest absolute Gasteiger partial charge is 0.364 e. The van der Waals surface area contributed by atoms with E-state index in [0.717, 1.165) is 17.2 Å². The molecule has 1 fully saturated rings. The monoisotopic (exact) mass is 256 g/mol. The van der Waals surface area contributed by atoms with E-state index in [1.165, 1.54) is 18.4 Å². The van der Waals surface area contributed by atoms with Crippen LogP contribution in [0, 0.1) is 0 Å². The van der Waals surface area contributed by atoms with Gasteiger partial charge in [0.15, 0.2) is 11.5 Å². The van der Waals surface area contributed by atoms with Crippen LogP contribution < -0.4 is 5.32 Å². The van der Waals surface area contributed by atoms with Crippen LogP contribution in [0.2, 0.25) is 0 Å². The molecule has 1 N–H and O–H groups in total. The van der Waals surface area contributed by atoms with Gasteiger partial charge in [0.05, 0.1) is 11.9 Å². The standard InChI is InChI=1S/C13H12N4S/c1-2-10(1)16-12-13-15-7-11(9-3-6-18-8-9)17(13)5-4-14-12/h3-8,10H,1-2H2,(H,14,16). The summed E-state index contributed by atoms with van der Waals surface area (Å²) in [6.45, 7) is 0. The molecule has 4 rings (SSSR count). The molecule has 1 saturated carbocycles. The molecule has 18 heavy (non-hydrogen) atoms. The van der Waals surface area contributed by atoms with Crippen molar-refractivity contribution in [2.75, 3.05) is 5.32 Å². The lowest BCUT2D eigenvalue weighted by molar-refractivity contribution is 1.07. The van der Waals surface area contributed by atoms with E-state index >= 15 is 0 Å². The number of hydrogen-bond donors (Lipinski definition) is 1. The average molecular weight is 256 g/mol. The summed E-state index contributed by atoms with van der Waals surface area (Å²) in [6, 6.07) is 2.70. The molecule has 3 aromatic rings. The van der Waals surface area contributed by atoms with E-state index < -0.39 is 0 Å². The van der Waals surface area contributed by atoms with E-state index in [1.54, 1.807) is 11.3 Å². The Kier molecular flexibility index (Phi) is 2.14. The van der Waals surface area contributed by atoms with Gasteiger partial charge in [-0.05, 0) is 24.3 Å². The van der Waals surface area contributed by atoms with Crippen molar-refractivity contribution in [3.05, 3.63) is 35.4 Å². The van der Waals surface area contributed by atoms with Gasteiger partial charge in [0.25, 0.3) is 0 Å². The van der Waals surface area contributed by atoms with Crippen molar-refractivity contribution in [3.63, 3.8) is 0 Å². The van der Waals surface area contributed by atoms with Crippen molar-refractivity contribution in [1.82, 2.24) is 14.4 Å². The van der Waals surface area contributed by atoms with Crippen molar-refractivity contribution >= 4 is 22.8 Å². The second kappa shape index (κ2) is 3.81. The zero-order chi connectivity index (χ0) is 11.9. The van der Waals surface area contributed by atoms with Crippen LogP contribution in [0.15, 0.2) is 35.4 Å². The molecule has 5 heteroatoms. The summed E-state index contributed by atoms with van der Waals surface area (Å²) in [5.74, 6) is 0.890. The molecule has 0 aromatic carbocycles. The summed E-state index contributed by atoms with van der Waals surface area (Å²) >= 11 is 1.70. The number of imidazole rings is 1. The Morgan fingerprint density at radius 2 is 2.28 bits per heavy atom. The Bertz CT molecular complexity index is 682. The van der Waals surface area contributed by atoms with E-state index in [-0.39, 0.29) is 0 Å². The number of hydrogen-bond acceptors (Lipinski definition) is 4. The number of nitrogens with zero attached hydrogens (tertiary/aromatic N) is 3. The Balaban J connectivity index is 1.86. The summed E-state index contributed by atoms with van der Waals surface area (Å²) in [4.78, 5) is 8.89. The molecule has 0 amide bonds. The molecular formula is C13H12N4S. The Labute approximate surface area is 108 Å². The van der Waals surface area contributed by atoms with Crippen molar-refractivity contribution in [3.8, 4) is 11.3 Å². The number of nitrogens with one attached hydrogen (secondary N) is 1. The number of rotatable bonds is 3. The van der Waals surface area contributed by atoms with E-state index in [4.69, 9.17) is 0 Å². The molecule has 0 atom stereocenters. The lowest BCUT2D eigenvalue weighted by Gasteiger charge is -2.05. The molecule has 0 radical (unpaired) electrons. The highest BCUT2D eigenvalue weighted by atomic mass is 32.1. The first-order chi connectivity index (χ1) is 8.92. The van der Waals surface area contributed by atoms with Gasteiger partial charge in [-0.1, -0.05) is 0 Å². The SMILES string of the molecule is c1cn2c(-c3ccsc3)cnc2c(NC2CC2)n1. The van der Waals surface area contributed by atoms with Crippen LogP contribution in [0.5, 0.6) is 0 Å². The maximum absolute atomic E-state index is 4.50.